The number of hydrogen-bond donors (Lipinski definition) is 3. The van der Waals surface area contributed by atoms with Gasteiger partial charge in [-0.3, -0.25) is 4.79 Å². The first-order chi connectivity index (χ1) is 16.1. The first-order valence-corrected chi connectivity index (χ1v) is 10.2. The molecule has 3 heterocycles. The maximum absolute atomic E-state index is 12.5. The summed E-state index contributed by atoms with van der Waals surface area (Å²) in [6.45, 7) is 0.475. The number of carbonyl (C=O) groups is 1. The zero-order valence-corrected chi connectivity index (χ0v) is 17.5. The lowest BCUT2D eigenvalue weighted by Gasteiger charge is -2.05. The van der Waals surface area contributed by atoms with E-state index in [1.807, 2.05) is 42.5 Å². The zero-order valence-electron chi connectivity index (χ0n) is 17.5. The normalized spacial score (nSPS) is 10.9. The van der Waals surface area contributed by atoms with Crippen molar-refractivity contribution in [1.82, 2.24) is 24.7 Å². The van der Waals surface area contributed by atoms with E-state index in [4.69, 9.17) is 16.6 Å². The number of nitrogens with two attached hydrogens (primary N) is 2. The summed E-state index contributed by atoms with van der Waals surface area (Å²) in [7, 11) is 0. The van der Waals surface area contributed by atoms with Gasteiger partial charge in [-0.2, -0.15) is 5.10 Å². The highest BCUT2D eigenvalue weighted by atomic mass is 16.1. The number of aromatic nitrogens is 5. The Morgan fingerprint density at radius 2 is 1.79 bits per heavy atom. The van der Waals surface area contributed by atoms with Crippen molar-refractivity contribution in [3.8, 4) is 11.3 Å². The fraction of sp³-hybridized carbons (Fsp3) is 0.0417. The number of pyridine rings is 1. The van der Waals surface area contributed by atoms with Gasteiger partial charge in [0, 0.05) is 23.0 Å². The summed E-state index contributed by atoms with van der Waals surface area (Å²) in [5.41, 5.74) is 16.3. The van der Waals surface area contributed by atoms with E-state index in [1.165, 1.54) is 6.33 Å². The molecule has 9 nitrogen and oxygen atoms in total. The van der Waals surface area contributed by atoms with Crippen molar-refractivity contribution in [2.24, 2.45) is 0 Å². The Morgan fingerprint density at radius 3 is 2.55 bits per heavy atom. The van der Waals surface area contributed by atoms with Gasteiger partial charge in [0.05, 0.1) is 11.9 Å². The number of nitrogens with zero attached hydrogens (tertiary/aromatic N) is 5. The monoisotopic (exact) mass is 436 g/mol. The Morgan fingerprint density at radius 1 is 0.939 bits per heavy atom. The van der Waals surface area contributed by atoms with E-state index in [1.54, 1.807) is 35.1 Å². The average molecular weight is 436 g/mol. The molecule has 0 radical (unpaired) electrons. The highest BCUT2D eigenvalue weighted by Crippen LogP contribution is 2.30. The Hall–Kier alpha value is -4.79. The van der Waals surface area contributed by atoms with Gasteiger partial charge in [0.15, 0.2) is 5.65 Å². The number of anilines is 3. The molecule has 0 saturated heterocycles. The molecule has 0 spiro atoms. The van der Waals surface area contributed by atoms with E-state index in [0.29, 0.717) is 46.2 Å². The topological polar surface area (TPSA) is 138 Å². The molecule has 5 N–H and O–H groups in total. The first kappa shape index (κ1) is 20.1. The number of rotatable bonds is 5. The summed E-state index contributed by atoms with van der Waals surface area (Å²) < 4.78 is 1.78. The number of fused-ring (bicyclic) bond motifs is 1. The Kier molecular flexibility index (Phi) is 5.12. The molecule has 0 bridgehead atoms. The van der Waals surface area contributed by atoms with Gasteiger partial charge in [0.1, 0.15) is 23.7 Å². The van der Waals surface area contributed by atoms with Gasteiger partial charge in [-0.1, -0.05) is 30.3 Å². The van der Waals surface area contributed by atoms with E-state index in [2.05, 4.69) is 20.3 Å². The molecule has 2 aromatic carbocycles. The van der Waals surface area contributed by atoms with Crippen LogP contribution in [0.2, 0.25) is 0 Å². The van der Waals surface area contributed by atoms with Gasteiger partial charge in [-0.25, -0.2) is 19.6 Å². The molecule has 0 atom stereocenters. The van der Waals surface area contributed by atoms with Gasteiger partial charge in [-0.05, 0) is 42.0 Å². The number of nitrogens with one attached hydrogen (secondary N) is 1. The van der Waals surface area contributed by atoms with Crippen molar-refractivity contribution >= 4 is 34.3 Å². The summed E-state index contributed by atoms with van der Waals surface area (Å²) in [5, 5.41) is 8.20. The fourth-order valence-electron chi connectivity index (χ4n) is 3.61. The van der Waals surface area contributed by atoms with Gasteiger partial charge >= 0.3 is 0 Å². The van der Waals surface area contributed by atoms with Crippen LogP contribution in [-0.4, -0.2) is 30.6 Å². The summed E-state index contributed by atoms with van der Waals surface area (Å²) in [4.78, 5) is 25.2. The van der Waals surface area contributed by atoms with Crippen LogP contribution in [0.25, 0.3) is 22.3 Å². The van der Waals surface area contributed by atoms with Crippen molar-refractivity contribution in [2.45, 2.75) is 6.54 Å². The van der Waals surface area contributed by atoms with Gasteiger partial charge in [-0.15, -0.1) is 0 Å². The van der Waals surface area contributed by atoms with E-state index in [9.17, 15) is 4.79 Å². The van der Waals surface area contributed by atoms with Gasteiger partial charge < -0.3 is 16.8 Å². The summed E-state index contributed by atoms with van der Waals surface area (Å²) in [6, 6.07) is 20.0. The molecule has 0 saturated carbocycles. The lowest BCUT2D eigenvalue weighted by Crippen LogP contribution is -2.12. The number of hydrogen-bond acceptors (Lipinski definition) is 7. The van der Waals surface area contributed by atoms with Crippen LogP contribution >= 0.6 is 0 Å². The SMILES string of the molecule is Nc1cccc(Cn2nc(-c3ccc(C(=O)Nc4ccccn4)cc3)c3c(N)ncnc32)c1. The first-order valence-electron chi connectivity index (χ1n) is 10.2. The van der Waals surface area contributed by atoms with Crippen LogP contribution in [0.1, 0.15) is 15.9 Å². The molecule has 0 aliphatic rings. The minimum absolute atomic E-state index is 0.250. The van der Waals surface area contributed by atoms with Crippen LogP contribution in [-0.2, 0) is 6.54 Å². The zero-order chi connectivity index (χ0) is 22.8. The largest absolute Gasteiger partial charge is 0.399 e. The van der Waals surface area contributed by atoms with Crippen LogP contribution in [0, 0.1) is 0 Å². The highest BCUT2D eigenvalue weighted by molar-refractivity contribution is 6.04. The standard InChI is InChI=1S/C24H20N8O/c25-18-5-3-4-15(12-18)13-32-23-20(22(26)28-14-29-23)21(31-32)16-7-9-17(10-8-16)24(33)30-19-6-1-2-11-27-19/h1-12,14H,13,25H2,(H2,26,28,29)(H,27,30,33). The minimum Gasteiger partial charge on any atom is -0.399 e. The molecule has 1 amide bonds. The van der Waals surface area contributed by atoms with Crippen molar-refractivity contribution in [3.05, 3.63) is 90.4 Å². The third-order valence-electron chi connectivity index (χ3n) is 5.17. The lowest BCUT2D eigenvalue weighted by atomic mass is 10.1. The number of amides is 1. The van der Waals surface area contributed by atoms with E-state index in [0.717, 1.165) is 11.1 Å². The minimum atomic E-state index is -0.250. The molecule has 5 rings (SSSR count). The summed E-state index contributed by atoms with van der Waals surface area (Å²) in [5.74, 6) is 0.578. The maximum Gasteiger partial charge on any atom is 0.256 e. The molecule has 5 aromatic rings. The summed E-state index contributed by atoms with van der Waals surface area (Å²) in [6.07, 6.45) is 3.04. The maximum atomic E-state index is 12.5. The second kappa shape index (κ2) is 8.39. The van der Waals surface area contributed by atoms with E-state index < -0.39 is 0 Å². The third kappa shape index (κ3) is 4.07. The Balaban J connectivity index is 1.48. The highest BCUT2D eigenvalue weighted by Gasteiger charge is 2.18. The molecule has 0 fully saturated rings. The molecule has 0 aliphatic carbocycles. The third-order valence-corrected chi connectivity index (χ3v) is 5.17. The molecule has 33 heavy (non-hydrogen) atoms. The second-order valence-electron chi connectivity index (χ2n) is 7.46. The van der Waals surface area contributed by atoms with Crippen molar-refractivity contribution in [2.75, 3.05) is 16.8 Å². The number of benzene rings is 2. The van der Waals surface area contributed by atoms with Crippen molar-refractivity contribution < 1.29 is 4.79 Å². The van der Waals surface area contributed by atoms with Gasteiger partial charge in [0.2, 0.25) is 0 Å². The molecule has 0 unspecified atom stereocenters. The average Bonchev–Trinajstić information content (AvgIpc) is 3.19. The smallest absolute Gasteiger partial charge is 0.256 e. The van der Waals surface area contributed by atoms with Crippen molar-refractivity contribution in [1.29, 1.82) is 0 Å². The Labute approximate surface area is 189 Å². The quantitative estimate of drug-likeness (QED) is 0.359. The molecular formula is C24H20N8O. The van der Waals surface area contributed by atoms with Crippen molar-refractivity contribution in [3.63, 3.8) is 0 Å². The second-order valence-corrected chi connectivity index (χ2v) is 7.46. The van der Waals surface area contributed by atoms with E-state index in [-0.39, 0.29) is 5.91 Å². The summed E-state index contributed by atoms with van der Waals surface area (Å²) >= 11 is 0. The number of carbonyl (C=O) groups excluding carboxylic acids is 1. The predicted molar refractivity (Wildman–Crippen MR) is 127 cm³/mol. The van der Waals surface area contributed by atoms with Gasteiger partial charge in [0.25, 0.3) is 5.91 Å². The van der Waals surface area contributed by atoms with Crippen LogP contribution in [0.5, 0.6) is 0 Å². The van der Waals surface area contributed by atoms with Crippen LogP contribution in [0.15, 0.2) is 79.3 Å². The van der Waals surface area contributed by atoms with Crippen LogP contribution in [0.3, 0.4) is 0 Å². The predicted octanol–water partition coefficient (Wildman–Crippen LogP) is 3.35. The van der Waals surface area contributed by atoms with Crippen LogP contribution in [0.4, 0.5) is 17.3 Å². The lowest BCUT2D eigenvalue weighted by molar-refractivity contribution is 0.102. The molecule has 3 aromatic heterocycles. The Bertz CT molecular complexity index is 1450. The molecule has 162 valence electrons. The van der Waals surface area contributed by atoms with E-state index >= 15 is 0 Å². The fourth-order valence-corrected chi connectivity index (χ4v) is 3.61. The van der Waals surface area contributed by atoms with Crippen LogP contribution < -0.4 is 16.8 Å². The molecule has 0 aliphatic heterocycles. The molecular weight excluding hydrogens is 416 g/mol. The molecule has 9 heteroatoms. The number of nitrogen functional groups attached to an aromatic ring is 2.